The number of aryl methyl sites for hydroxylation is 1. The predicted molar refractivity (Wildman–Crippen MR) is 318 cm³/mol. The summed E-state index contributed by atoms with van der Waals surface area (Å²) in [7, 11) is 0. The molecule has 75 heavy (non-hydrogen) atoms. The first-order valence-corrected chi connectivity index (χ1v) is 26.5. The van der Waals surface area contributed by atoms with E-state index < -0.39 is 0 Å². The minimum Gasteiger partial charge on any atom is -0.505 e. The number of benzene rings is 11. The van der Waals surface area contributed by atoms with E-state index in [1.165, 1.54) is 33.0 Å². The fraction of sp³-hybridized carbons (Fsp3) is 0.127. The topological polar surface area (TPSA) is 39.9 Å². The van der Waals surface area contributed by atoms with E-state index in [1.807, 2.05) is 0 Å². The van der Waals surface area contributed by atoms with Crippen molar-refractivity contribution in [3.8, 4) is 16.9 Å². The average Bonchev–Trinajstić information content (AvgIpc) is 3.84. The fourth-order valence-electron chi connectivity index (χ4n) is 11.9. The van der Waals surface area contributed by atoms with Crippen LogP contribution in [0.3, 0.4) is 0 Å². The summed E-state index contributed by atoms with van der Waals surface area (Å²) in [6.45, 7) is 11.2. The highest BCUT2D eigenvalue weighted by molar-refractivity contribution is 6.28. The van der Waals surface area contributed by atoms with Crippen LogP contribution in [0.5, 0.6) is 5.75 Å². The highest BCUT2D eigenvalue weighted by Crippen LogP contribution is 2.52. The highest BCUT2D eigenvalue weighted by atomic mass is 16.3. The number of hydrogen-bond donors (Lipinski definition) is 1. The van der Waals surface area contributed by atoms with Crippen LogP contribution in [-0.4, -0.2) is 5.11 Å². The summed E-state index contributed by atoms with van der Waals surface area (Å²) in [4.78, 5) is 4.69. The Balaban J connectivity index is 1.03. The van der Waals surface area contributed by atoms with Gasteiger partial charge in [-0.05, 0) is 129 Å². The number of rotatable bonds is 11. The van der Waals surface area contributed by atoms with Gasteiger partial charge in [0.2, 0.25) is 0 Å². The highest BCUT2D eigenvalue weighted by Gasteiger charge is 2.27. The van der Waals surface area contributed by atoms with Gasteiger partial charge in [0.1, 0.15) is 11.3 Å². The number of phenolic OH excluding ortho intramolecular Hbond substituents is 1. The van der Waals surface area contributed by atoms with E-state index in [9.17, 15) is 5.11 Å². The van der Waals surface area contributed by atoms with Crippen molar-refractivity contribution >= 4 is 94.0 Å². The van der Waals surface area contributed by atoms with Crippen LogP contribution in [0.1, 0.15) is 79.7 Å². The Bertz CT molecular complexity index is 4210. The molecule has 0 radical (unpaired) electrons. The van der Waals surface area contributed by atoms with Gasteiger partial charge in [0.05, 0.1) is 22.7 Å². The molecule has 13 rings (SSSR count). The van der Waals surface area contributed by atoms with Crippen molar-refractivity contribution in [2.45, 2.75) is 58.8 Å². The largest absolute Gasteiger partial charge is 0.505 e. The molecule has 4 heteroatoms. The summed E-state index contributed by atoms with van der Waals surface area (Å²) < 4.78 is 7.16. The first kappa shape index (κ1) is 46.0. The maximum Gasteiger partial charge on any atom is 0.159 e. The Hall–Kier alpha value is -8.86. The van der Waals surface area contributed by atoms with Crippen molar-refractivity contribution < 1.29 is 9.52 Å². The molecule has 0 saturated heterocycles. The van der Waals surface area contributed by atoms with Crippen LogP contribution in [-0.2, 0) is 0 Å². The molecule has 0 fully saturated rings. The molecule has 1 aliphatic rings. The van der Waals surface area contributed by atoms with Crippen LogP contribution < -0.4 is 9.80 Å². The number of phenols is 1. The number of aromatic hydroxyl groups is 1. The number of hydrogen-bond acceptors (Lipinski definition) is 4. The van der Waals surface area contributed by atoms with Gasteiger partial charge in [-0.15, -0.1) is 0 Å². The first-order valence-electron chi connectivity index (χ1n) is 26.5. The average molecular weight is 971 g/mol. The minimum atomic E-state index is 0.213. The van der Waals surface area contributed by atoms with Crippen LogP contribution >= 0.6 is 0 Å². The van der Waals surface area contributed by atoms with Gasteiger partial charge in [0.15, 0.2) is 5.58 Å². The van der Waals surface area contributed by atoms with Crippen LogP contribution in [0.25, 0.3) is 71.0 Å². The van der Waals surface area contributed by atoms with Gasteiger partial charge < -0.3 is 19.3 Å². The van der Waals surface area contributed by atoms with E-state index in [0.29, 0.717) is 11.8 Å². The Labute approximate surface area is 439 Å². The lowest BCUT2D eigenvalue weighted by Crippen LogP contribution is -2.12. The van der Waals surface area contributed by atoms with Crippen LogP contribution in [0, 0.1) is 6.92 Å². The third-order valence-corrected chi connectivity index (χ3v) is 15.7. The SMILES string of the molecule is Cc1ccccc1C1C=C(c2cccc(N(c3cccc(C(C)C)c3)c3ccc4ccc5c(N(c6cccc(C(C)C)c6)c6cccc7c6oc6c(-c8ccccc8)cccc67)ccc6ccc3c4c65)c2O)C=CC1. The van der Waals surface area contributed by atoms with Gasteiger partial charge in [-0.25, -0.2) is 0 Å². The lowest BCUT2D eigenvalue weighted by molar-refractivity contribution is 0.475. The van der Waals surface area contributed by atoms with E-state index in [-0.39, 0.29) is 11.7 Å². The number of furan rings is 1. The Kier molecular flexibility index (Phi) is 11.4. The van der Waals surface area contributed by atoms with Crippen molar-refractivity contribution in [2.75, 3.05) is 9.80 Å². The molecule has 0 aliphatic heterocycles. The standard InChI is InChI=1S/C71H58N2O2/c1-44(2)50-20-12-24-54(42-50)72(65-31-15-27-57(69(65)74)53-23-11-22-52(41-53)56-26-10-9-17-46(56)5)63-39-35-48-34-38-62-64(40-36-49-33-37-61(63)67(48)68(49)62)73(55-25-13-21-51(43-55)45(3)4)66-32-16-30-60-59-29-14-28-58(70(59)75-71(60)66)47-18-7-6-8-19-47/h6-21,23-45,52,74H,22H2,1-5H3. The summed E-state index contributed by atoms with van der Waals surface area (Å²) in [6.07, 6.45) is 7.67. The molecule has 1 unspecified atom stereocenters. The van der Waals surface area contributed by atoms with E-state index in [4.69, 9.17) is 4.42 Å². The molecule has 11 aromatic carbocycles. The molecule has 0 saturated carbocycles. The number of nitrogens with zero attached hydrogens (tertiary/aromatic N) is 2. The number of allylic oxidation sites excluding steroid dienone is 4. The molecule has 1 aromatic heterocycles. The molecule has 0 bridgehead atoms. The maximum atomic E-state index is 12.8. The zero-order chi connectivity index (χ0) is 50.9. The van der Waals surface area contributed by atoms with Gasteiger partial charge in [-0.3, -0.25) is 0 Å². The second kappa shape index (κ2) is 18.6. The molecule has 364 valence electrons. The van der Waals surface area contributed by atoms with Gasteiger partial charge in [0, 0.05) is 50.0 Å². The summed E-state index contributed by atoms with van der Waals surface area (Å²) in [5.74, 6) is 1.10. The molecule has 4 nitrogen and oxygen atoms in total. The van der Waals surface area contributed by atoms with Gasteiger partial charge in [-0.2, -0.15) is 0 Å². The normalized spacial score (nSPS) is 13.8. The molecule has 0 spiro atoms. The van der Waals surface area contributed by atoms with Crippen LogP contribution in [0.2, 0.25) is 0 Å². The third-order valence-electron chi connectivity index (χ3n) is 15.7. The van der Waals surface area contributed by atoms with Crippen LogP contribution in [0.15, 0.2) is 229 Å². The van der Waals surface area contributed by atoms with E-state index in [2.05, 4.69) is 269 Å². The lowest BCUT2D eigenvalue weighted by Gasteiger charge is -2.30. The summed E-state index contributed by atoms with van der Waals surface area (Å²) in [5, 5.41) is 21.9. The summed E-state index contributed by atoms with van der Waals surface area (Å²) in [6, 6.07) is 74.4. The van der Waals surface area contributed by atoms with E-state index in [1.54, 1.807) is 0 Å². The van der Waals surface area contributed by atoms with Crippen LogP contribution in [0.4, 0.5) is 34.1 Å². The number of para-hydroxylation sites is 3. The molecular weight excluding hydrogens is 913 g/mol. The van der Waals surface area contributed by atoms with E-state index >= 15 is 0 Å². The second-order valence-corrected chi connectivity index (χ2v) is 21.0. The molecule has 1 N–H and O–H groups in total. The van der Waals surface area contributed by atoms with Crippen molar-refractivity contribution in [1.82, 2.24) is 0 Å². The molecule has 1 atom stereocenters. The van der Waals surface area contributed by atoms with Crippen molar-refractivity contribution in [3.05, 3.63) is 252 Å². The number of anilines is 6. The Morgan fingerprint density at radius 1 is 0.480 bits per heavy atom. The van der Waals surface area contributed by atoms with Gasteiger partial charge >= 0.3 is 0 Å². The lowest BCUT2D eigenvalue weighted by atomic mass is 9.85. The maximum absolute atomic E-state index is 12.8. The summed E-state index contributed by atoms with van der Waals surface area (Å²) >= 11 is 0. The summed E-state index contributed by atoms with van der Waals surface area (Å²) in [5.41, 5.74) is 16.6. The first-order chi connectivity index (χ1) is 36.7. The van der Waals surface area contributed by atoms with Gasteiger partial charge in [0.25, 0.3) is 0 Å². The third kappa shape index (κ3) is 7.83. The number of fused-ring (bicyclic) bond motifs is 3. The van der Waals surface area contributed by atoms with Crippen molar-refractivity contribution in [3.63, 3.8) is 0 Å². The molecule has 12 aromatic rings. The monoisotopic (exact) mass is 970 g/mol. The second-order valence-electron chi connectivity index (χ2n) is 21.0. The quantitative estimate of drug-likeness (QED) is 0.131. The zero-order valence-corrected chi connectivity index (χ0v) is 43.1. The minimum absolute atomic E-state index is 0.213. The van der Waals surface area contributed by atoms with Gasteiger partial charge in [-0.1, -0.05) is 204 Å². The molecule has 0 amide bonds. The molecule has 1 heterocycles. The molecule has 1 aliphatic carbocycles. The Morgan fingerprint density at radius 2 is 1.03 bits per heavy atom. The Morgan fingerprint density at radius 3 is 1.68 bits per heavy atom. The van der Waals surface area contributed by atoms with Crippen molar-refractivity contribution in [2.24, 2.45) is 0 Å². The molecular formula is C71H58N2O2. The predicted octanol–water partition coefficient (Wildman–Crippen LogP) is 20.5. The smallest absolute Gasteiger partial charge is 0.159 e. The fourth-order valence-corrected chi connectivity index (χ4v) is 11.9. The van der Waals surface area contributed by atoms with Crippen molar-refractivity contribution in [1.29, 1.82) is 0 Å². The van der Waals surface area contributed by atoms with E-state index in [0.717, 1.165) is 106 Å². The zero-order valence-electron chi connectivity index (χ0n) is 43.1.